The lowest BCUT2D eigenvalue weighted by Crippen LogP contribution is -2.42. The first-order valence-electron chi connectivity index (χ1n) is 6.60. The average molecular weight is 283 g/mol. The van der Waals surface area contributed by atoms with Gasteiger partial charge in [0.25, 0.3) is 0 Å². The molecule has 4 heteroatoms. The zero-order valence-electron chi connectivity index (χ0n) is 11.9. The number of amides is 1. The van der Waals surface area contributed by atoms with Crippen LogP contribution in [0.3, 0.4) is 0 Å². The highest BCUT2D eigenvalue weighted by atomic mass is 35.5. The first kappa shape index (κ1) is 16.0. The molecule has 0 spiro atoms. The Balaban J connectivity index is 0.00000180. The van der Waals surface area contributed by atoms with Gasteiger partial charge in [-0.2, -0.15) is 0 Å². The fraction of sp³-hybridized carbons (Fsp3) is 0.533. The molecule has 0 atom stereocenters. The highest BCUT2D eigenvalue weighted by Crippen LogP contribution is 2.29. The van der Waals surface area contributed by atoms with Crippen LogP contribution in [-0.2, 0) is 4.79 Å². The van der Waals surface area contributed by atoms with Crippen molar-refractivity contribution in [3.05, 3.63) is 29.3 Å². The molecule has 0 aromatic heterocycles. The third-order valence-electron chi connectivity index (χ3n) is 3.73. The molecule has 1 aliphatic heterocycles. The summed E-state index contributed by atoms with van der Waals surface area (Å²) < 4.78 is 0. The number of benzene rings is 1. The summed E-state index contributed by atoms with van der Waals surface area (Å²) in [6.07, 6.45) is 1.81. The van der Waals surface area contributed by atoms with Crippen LogP contribution in [0.5, 0.6) is 0 Å². The van der Waals surface area contributed by atoms with Gasteiger partial charge in [-0.3, -0.25) is 4.79 Å². The molecule has 19 heavy (non-hydrogen) atoms. The van der Waals surface area contributed by atoms with Gasteiger partial charge in [0, 0.05) is 11.1 Å². The normalized spacial score (nSPS) is 17.4. The fourth-order valence-electron chi connectivity index (χ4n) is 2.53. The van der Waals surface area contributed by atoms with Crippen molar-refractivity contribution in [3.8, 4) is 0 Å². The number of piperidine rings is 1. The Morgan fingerprint density at radius 2 is 1.68 bits per heavy atom. The second-order valence-electron chi connectivity index (χ2n) is 5.64. The van der Waals surface area contributed by atoms with Crippen molar-refractivity contribution < 1.29 is 4.79 Å². The molecule has 1 fully saturated rings. The zero-order chi connectivity index (χ0) is 13.2. The predicted molar refractivity (Wildman–Crippen MR) is 82.0 cm³/mol. The Morgan fingerprint density at radius 3 is 2.21 bits per heavy atom. The van der Waals surface area contributed by atoms with Gasteiger partial charge in [-0.1, -0.05) is 13.0 Å². The van der Waals surface area contributed by atoms with Crippen LogP contribution in [0.1, 0.15) is 30.9 Å². The van der Waals surface area contributed by atoms with Gasteiger partial charge in [-0.05, 0) is 63.0 Å². The van der Waals surface area contributed by atoms with Gasteiger partial charge >= 0.3 is 0 Å². The molecule has 2 rings (SSSR count). The molecule has 0 unspecified atom stereocenters. The molecule has 1 aromatic rings. The van der Waals surface area contributed by atoms with Crippen LogP contribution in [0.4, 0.5) is 5.69 Å². The maximum Gasteiger partial charge on any atom is 0.230 e. The Hall–Kier alpha value is -1.06. The van der Waals surface area contributed by atoms with E-state index in [1.165, 1.54) is 11.1 Å². The molecule has 0 saturated carbocycles. The number of carbonyl (C=O) groups excluding carboxylic acids is 1. The SMILES string of the molecule is Cc1cc(C)cc(NC(=O)C2(C)CCNCC2)c1.Cl. The van der Waals surface area contributed by atoms with E-state index in [4.69, 9.17) is 0 Å². The van der Waals surface area contributed by atoms with E-state index in [1.54, 1.807) is 0 Å². The second kappa shape index (κ2) is 6.40. The molecular weight excluding hydrogens is 260 g/mol. The summed E-state index contributed by atoms with van der Waals surface area (Å²) >= 11 is 0. The van der Waals surface area contributed by atoms with Crippen LogP contribution >= 0.6 is 12.4 Å². The van der Waals surface area contributed by atoms with Gasteiger partial charge in [0.2, 0.25) is 5.91 Å². The first-order chi connectivity index (χ1) is 8.49. The summed E-state index contributed by atoms with van der Waals surface area (Å²) in [4.78, 5) is 12.4. The van der Waals surface area contributed by atoms with Crippen LogP contribution in [0, 0.1) is 19.3 Å². The summed E-state index contributed by atoms with van der Waals surface area (Å²) in [5, 5.41) is 6.36. The molecule has 1 aromatic carbocycles. The highest BCUT2D eigenvalue weighted by molar-refractivity contribution is 5.95. The number of hydrogen-bond acceptors (Lipinski definition) is 2. The van der Waals surface area contributed by atoms with E-state index in [1.807, 2.05) is 12.1 Å². The minimum Gasteiger partial charge on any atom is -0.326 e. The van der Waals surface area contributed by atoms with E-state index in [-0.39, 0.29) is 23.7 Å². The average Bonchev–Trinajstić information content (AvgIpc) is 2.28. The topological polar surface area (TPSA) is 41.1 Å². The van der Waals surface area contributed by atoms with E-state index in [0.717, 1.165) is 31.6 Å². The summed E-state index contributed by atoms with van der Waals surface area (Å²) in [5.41, 5.74) is 3.04. The zero-order valence-corrected chi connectivity index (χ0v) is 12.7. The van der Waals surface area contributed by atoms with Crippen LogP contribution in [0.2, 0.25) is 0 Å². The first-order valence-corrected chi connectivity index (χ1v) is 6.60. The lowest BCUT2D eigenvalue weighted by Gasteiger charge is -2.32. The molecule has 0 radical (unpaired) electrons. The van der Waals surface area contributed by atoms with Crippen molar-refractivity contribution >= 4 is 24.0 Å². The third-order valence-corrected chi connectivity index (χ3v) is 3.73. The summed E-state index contributed by atoms with van der Waals surface area (Å²) in [6.45, 7) is 8.02. The molecule has 2 N–H and O–H groups in total. The predicted octanol–water partition coefficient (Wildman–Crippen LogP) is 3.05. The standard InChI is InChI=1S/C15H22N2O.ClH/c1-11-8-12(2)10-13(9-11)17-14(18)15(3)4-6-16-7-5-15;/h8-10,16H,4-7H2,1-3H3,(H,17,18);1H. The van der Waals surface area contributed by atoms with Crippen LogP contribution in [-0.4, -0.2) is 19.0 Å². The second-order valence-corrected chi connectivity index (χ2v) is 5.64. The van der Waals surface area contributed by atoms with Crippen molar-refractivity contribution in [3.63, 3.8) is 0 Å². The van der Waals surface area contributed by atoms with E-state index in [2.05, 4.69) is 37.5 Å². The number of halogens is 1. The van der Waals surface area contributed by atoms with Crippen molar-refractivity contribution in [2.24, 2.45) is 5.41 Å². The van der Waals surface area contributed by atoms with Crippen molar-refractivity contribution in [2.75, 3.05) is 18.4 Å². The minimum absolute atomic E-state index is 0. The van der Waals surface area contributed by atoms with Crippen LogP contribution < -0.4 is 10.6 Å². The van der Waals surface area contributed by atoms with Crippen molar-refractivity contribution in [2.45, 2.75) is 33.6 Å². The third kappa shape index (κ3) is 3.95. The summed E-state index contributed by atoms with van der Waals surface area (Å²) in [5.74, 6) is 0.147. The Morgan fingerprint density at radius 1 is 1.16 bits per heavy atom. The molecule has 1 heterocycles. The Bertz CT molecular complexity index is 433. The lowest BCUT2D eigenvalue weighted by atomic mass is 9.80. The van der Waals surface area contributed by atoms with Crippen LogP contribution in [0.25, 0.3) is 0 Å². The molecule has 0 bridgehead atoms. The molecule has 0 aliphatic carbocycles. The molecular formula is C15H23ClN2O. The Kier molecular flexibility index (Phi) is 5.39. The molecule has 1 aliphatic rings. The summed E-state index contributed by atoms with van der Waals surface area (Å²) in [6, 6.07) is 6.16. The minimum atomic E-state index is -0.233. The maximum atomic E-state index is 12.4. The summed E-state index contributed by atoms with van der Waals surface area (Å²) in [7, 11) is 0. The van der Waals surface area contributed by atoms with Crippen LogP contribution in [0.15, 0.2) is 18.2 Å². The number of aryl methyl sites for hydroxylation is 2. The lowest BCUT2D eigenvalue weighted by molar-refractivity contribution is -0.126. The van der Waals surface area contributed by atoms with Crippen molar-refractivity contribution in [1.82, 2.24) is 5.32 Å². The van der Waals surface area contributed by atoms with Gasteiger partial charge < -0.3 is 10.6 Å². The van der Waals surface area contributed by atoms with Gasteiger partial charge in [-0.25, -0.2) is 0 Å². The number of anilines is 1. The fourth-order valence-corrected chi connectivity index (χ4v) is 2.53. The number of carbonyl (C=O) groups is 1. The monoisotopic (exact) mass is 282 g/mol. The molecule has 1 amide bonds. The van der Waals surface area contributed by atoms with E-state index < -0.39 is 0 Å². The van der Waals surface area contributed by atoms with Gasteiger partial charge in [0.05, 0.1) is 0 Å². The van der Waals surface area contributed by atoms with Gasteiger partial charge in [0.15, 0.2) is 0 Å². The quantitative estimate of drug-likeness (QED) is 0.875. The van der Waals surface area contributed by atoms with E-state index in [9.17, 15) is 4.79 Å². The van der Waals surface area contributed by atoms with E-state index >= 15 is 0 Å². The highest BCUT2D eigenvalue weighted by Gasteiger charge is 2.34. The largest absolute Gasteiger partial charge is 0.326 e. The molecule has 3 nitrogen and oxygen atoms in total. The number of rotatable bonds is 2. The number of nitrogens with one attached hydrogen (secondary N) is 2. The van der Waals surface area contributed by atoms with Crippen molar-refractivity contribution in [1.29, 1.82) is 0 Å². The Labute approximate surface area is 121 Å². The molecule has 1 saturated heterocycles. The number of hydrogen-bond donors (Lipinski definition) is 2. The maximum absolute atomic E-state index is 12.4. The van der Waals surface area contributed by atoms with E-state index in [0.29, 0.717) is 0 Å². The van der Waals surface area contributed by atoms with Gasteiger partial charge in [-0.15, -0.1) is 12.4 Å². The van der Waals surface area contributed by atoms with Gasteiger partial charge in [0.1, 0.15) is 0 Å². The molecule has 106 valence electrons. The smallest absolute Gasteiger partial charge is 0.230 e.